The molecule has 0 saturated carbocycles. The van der Waals surface area contributed by atoms with Gasteiger partial charge in [-0.05, 0) is 68.6 Å². The van der Waals surface area contributed by atoms with Gasteiger partial charge in [0.05, 0.1) is 0 Å². The first-order chi connectivity index (χ1) is 10.2. The lowest BCUT2D eigenvalue weighted by Crippen LogP contribution is -2.29. The highest BCUT2D eigenvalue weighted by atomic mass is 32.2. The van der Waals surface area contributed by atoms with E-state index in [1.54, 1.807) is 11.8 Å². The van der Waals surface area contributed by atoms with Crippen LogP contribution in [0.4, 0.5) is 0 Å². The van der Waals surface area contributed by atoms with E-state index in [0.29, 0.717) is 13.0 Å². The van der Waals surface area contributed by atoms with Crippen LogP contribution in [-0.4, -0.2) is 25.3 Å². The van der Waals surface area contributed by atoms with Crippen LogP contribution < -0.4 is 10.6 Å². The molecule has 3 nitrogen and oxygen atoms in total. The Labute approximate surface area is 132 Å². The van der Waals surface area contributed by atoms with Crippen LogP contribution in [0.1, 0.15) is 36.8 Å². The van der Waals surface area contributed by atoms with E-state index in [9.17, 15) is 4.79 Å². The summed E-state index contributed by atoms with van der Waals surface area (Å²) >= 11 is 1.74. The van der Waals surface area contributed by atoms with Gasteiger partial charge in [0.1, 0.15) is 0 Å². The van der Waals surface area contributed by atoms with Crippen LogP contribution in [0.15, 0.2) is 23.1 Å². The zero-order chi connectivity index (χ0) is 15.1. The molecule has 2 N–H and O–H groups in total. The van der Waals surface area contributed by atoms with Crippen molar-refractivity contribution in [3.8, 4) is 0 Å². The molecule has 21 heavy (non-hydrogen) atoms. The number of aryl methyl sites for hydroxylation is 1. The highest BCUT2D eigenvalue weighted by Gasteiger charge is 2.14. The van der Waals surface area contributed by atoms with Gasteiger partial charge in [-0.2, -0.15) is 0 Å². The number of carbonyl (C=O) groups excluding carboxylic acids is 1. The fraction of sp³-hybridized carbons (Fsp3) is 0.588. The summed E-state index contributed by atoms with van der Waals surface area (Å²) in [6, 6.07) is 6.41. The first kappa shape index (κ1) is 16.4. The highest BCUT2D eigenvalue weighted by molar-refractivity contribution is 7.98. The van der Waals surface area contributed by atoms with Crippen molar-refractivity contribution in [2.75, 3.05) is 19.3 Å². The van der Waals surface area contributed by atoms with Crippen LogP contribution >= 0.6 is 11.8 Å². The molecular weight excluding hydrogens is 280 g/mol. The van der Waals surface area contributed by atoms with E-state index < -0.39 is 0 Å². The summed E-state index contributed by atoms with van der Waals surface area (Å²) in [5, 5.41) is 6.43. The third-order valence-corrected chi connectivity index (χ3v) is 4.98. The summed E-state index contributed by atoms with van der Waals surface area (Å²) < 4.78 is 0. The largest absolute Gasteiger partial charge is 0.352 e. The molecule has 1 saturated heterocycles. The van der Waals surface area contributed by atoms with Crippen LogP contribution in [0.3, 0.4) is 0 Å². The predicted octanol–water partition coefficient (Wildman–Crippen LogP) is 3.11. The predicted molar refractivity (Wildman–Crippen MR) is 89.6 cm³/mol. The van der Waals surface area contributed by atoms with Crippen LogP contribution in [0.2, 0.25) is 0 Å². The van der Waals surface area contributed by atoms with Gasteiger partial charge in [0.2, 0.25) is 5.91 Å². The van der Waals surface area contributed by atoms with Crippen molar-refractivity contribution >= 4 is 17.7 Å². The first-order valence-electron chi connectivity index (χ1n) is 7.80. The number of piperidine rings is 1. The van der Waals surface area contributed by atoms with Crippen LogP contribution in [0.5, 0.6) is 0 Å². The molecule has 1 aliphatic rings. The maximum Gasteiger partial charge on any atom is 0.220 e. The molecular formula is C17H26N2OS. The molecule has 1 amide bonds. The maximum atomic E-state index is 12.0. The van der Waals surface area contributed by atoms with Gasteiger partial charge in [-0.25, -0.2) is 0 Å². The lowest BCUT2D eigenvalue weighted by Gasteiger charge is -2.22. The Morgan fingerprint density at radius 2 is 2.14 bits per heavy atom. The SMILES string of the molecule is CSc1cc(C)ccc1CNC(=O)CCC1CCNCC1. The third-order valence-electron chi connectivity index (χ3n) is 4.16. The van der Waals surface area contributed by atoms with Crippen molar-refractivity contribution < 1.29 is 4.79 Å². The first-order valence-corrected chi connectivity index (χ1v) is 9.02. The zero-order valence-corrected chi connectivity index (χ0v) is 13.9. The second-order valence-corrected chi connectivity index (χ2v) is 6.67. The summed E-state index contributed by atoms with van der Waals surface area (Å²) in [7, 11) is 0. The molecule has 1 aliphatic heterocycles. The normalized spacial score (nSPS) is 15.9. The lowest BCUT2D eigenvalue weighted by molar-refractivity contribution is -0.121. The number of hydrogen-bond acceptors (Lipinski definition) is 3. The average molecular weight is 306 g/mol. The second kappa shape index (κ2) is 8.44. The van der Waals surface area contributed by atoms with Crippen molar-refractivity contribution in [2.45, 2.75) is 44.0 Å². The Morgan fingerprint density at radius 1 is 1.38 bits per heavy atom. The molecule has 0 unspecified atom stereocenters. The number of nitrogens with one attached hydrogen (secondary N) is 2. The number of carbonyl (C=O) groups is 1. The molecule has 0 spiro atoms. The average Bonchev–Trinajstić information content (AvgIpc) is 2.52. The zero-order valence-electron chi connectivity index (χ0n) is 13.1. The minimum Gasteiger partial charge on any atom is -0.352 e. The standard InChI is InChI=1S/C17H26N2OS/c1-13-3-5-15(16(11-13)21-2)12-19-17(20)6-4-14-7-9-18-10-8-14/h3,5,11,14,18H,4,6-10,12H2,1-2H3,(H,19,20). The third kappa shape index (κ3) is 5.36. The number of rotatable bonds is 6. The molecule has 0 radical (unpaired) electrons. The molecule has 1 fully saturated rings. The van der Waals surface area contributed by atoms with Crippen molar-refractivity contribution in [2.24, 2.45) is 5.92 Å². The van der Waals surface area contributed by atoms with Crippen molar-refractivity contribution in [1.29, 1.82) is 0 Å². The van der Waals surface area contributed by atoms with Gasteiger partial charge in [0, 0.05) is 17.9 Å². The summed E-state index contributed by atoms with van der Waals surface area (Å²) in [6.07, 6.45) is 6.18. The summed E-state index contributed by atoms with van der Waals surface area (Å²) in [5.74, 6) is 0.902. The smallest absolute Gasteiger partial charge is 0.220 e. The van der Waals surface area contributed by atoms with Crippen molar-refractivity contribution in [3.63, 3.8) is 0 Å². The summed E-state index contributed by atoms with van der Waals surface area (Å²) in [6.45, 7) is 4.95. The molecule has 0 aromatic heterocycles. The summed E-state index contributed by atoms with van der Waals surface area (Å²) in [4.78, 5) is 13.3. The van der Waals surface area contributed by atoms with Gasteiger partial charge in [-0.3, -0.25) is 4.79 Å². The molecule has 1 heterocycles. The quantitative estimate of drug-likeness (QED) is 0.794. The highest BCUT2D eigenvalue weighted by Crippen LogP contribution is 2.22. The second-order valence-electron chi connectivity index (χ2n) is 5.82. The van der Waals surface area contributed by atoms with E-state index in [1.165, 1.54) is 28.9 Å². The minimum absolute atomic E-state index is 0.182. The van der Waals surface area contributed by atoms with Crippen molar-refractivity contribution in [3.05, 3.63) is 29.3 Å². The van der Waals surface area contributed by atoms with E-state index in [2.05, 4.69) is 42.0 Å². The molecule has 0 atom stereocenters. The van der Waals surface area contributed by atoms with E-state index in [4.69, 9.17) is 0 Å². The van der Waals surface area contributed by atoms with Gasteiger partial charge < -0.3 is 10.6 Å². The van der Waals surface area contributed by atoms with Gasteiger partial charge in [0.15, 0.2) is 0 Å². The Bertz CT molecular complexity index is 470. The van der Waals surface area contributed by atoms with Gasteiger partial charge in [-0.1, -0.05) is 12.1 Å². The minimum atomic E-state index is 0.182. The number of benzene rings is 1. The Morgan fingerprint density at radius 3 is 2.86 bits per heavy atom. The number of amides is 1. The van der Waals surface area contributed by atoms with Gasteiger partial charge >= 0.3 is 0 Å². The maximum absolute atomic E-state index is 12.0. The molecule has 2 rings (SSSR count). The fourth-order valence-electron chi connectivity index (χ4n) is 2.79. The van der Waals surface area contributed by atoms with E-state index >= 15 is 0 Å². The van der Waals surface area contributed by atoms with Gasteiger partial charge in [-0.15, -0.1) is 11.8 Å². The van der Waals surface area contributed by atoms with Gasteiger partial charge in [0.25, 0.3) is 0 Å². The van der Waals surface area contributed by atoms with Crippen LogP contribution in [-0.2, 0) is 11.3 Å². The Hall–Kier alpha value is -1.00. The fourth-order valence-corrected chi connectivity index (χ4v) is 3.49. The molecule has 0 bridgehead atoms. The molecule has 1 aromatic carbocycles. The summed E-state index contributed by atoms with van der Waals surface area (Å²) in [5.41, 5.74) is 2.48. The molecule has 1 aromatic rings. The van der Waals surface area contributed by atoms with E-state index in [-0.39, 0.29) is 5.91 Å². The van der Waals surface area contributed by atoms with Crippen LogP contribution in [0.25, 0.3) is 0 Å². The topological polar surface area (TPSA) is 41.1 Å². The monoisotopic (exact) mass is 306 g/mol. The lowest BCUT2D eigenvalue weighted by atomic mass is 9.93. The molecule has 0 aliphatic carbocycles. The Balaban J connectivity index is 1.75. The van der Waals surface area contributed by atoms with E-state index in [0.717, 1.165) is 25.4 Å². The molecule has 4 heteroatoms. The van der Waals surface area contributed by atoms with Crippen LogP contribution in [0, 0.1) is 12.8 Å². The number of hydrogen-bond donors (Lipinski definition) is 2. The Kier molecular flexibility index (Phi) is 6.58. The molecule has 116 valence electrons. The number of thioether (sulfide) groups is 1. The van der Waals surface area contributed by atoms with E-state index in [1.807, 2.05) is 0 Å². The van der Waals surface area contributed by atoms with Crippen molar-refractivity contribution in [1.82, 2.24) is 10.6 Å².